The Morgan fingerprint density at radius 1 is 1.73 bits per heavy atom. The molecule has 6 nitrogen and oxygen atoms in total. The van der Waals surface area contributed by atoms with Crippen molar-refractivity contribution in [3.63, 3.8) is 0 Å². The molecule has 1 rings (SSSR count). The first-order chi connectivity index (χ1) is 6.99. The van der Waals surface area contributed by atoms with Crippen LogP contribution in [0.5, 0.6) is 0 Å². The van der Waals surface area contributed by atoms with Gasteiger partial charge in [0.05, 0.1) is 16.5 Å². The topological polar surface area (TPSA) is 104 Å². The van der Waals surface area contributed by atoms with E-state index >= 15 is 0 Å². The van der Waals surface area contributed by atoms with Crippen molar-refractivity contribution in [2.24, 2.45) is 11.5 Å². The summed E-state index contributed by atoms with van der Waals surface area (Å²) in [6, 6.07) is -0.557. The molecular weight excluding hydrogens is 198 g/mol. The van der Waals surface area contributed by atoms with Crippen LogP contribution >= 0.6 is 0 Å². The number of nitrogens with two attached hydrogens (primary N) is 2. The summed E-state index contributed by atoms with van der Waals surface area (Å²) >= 11 is 0. The standard InChI is InChI=1S/C9H15N3O3/c1-15-5-4-9(11)3-2-7(12(13)14)6-8(9)10/h2-3,6,8H,4-5,10-11H2,1H3. The maximum Gasteiger partial charge on any atom is 0.266 e. The summed E-state index contributed by atoms with van der Waals surface area (Å²) in [7, 11) is 1.57. The van der Waals surface area contributed by atoms with Crippen LogP contribution in [0, 0.1) is 10.1 Å². The summed E-state index contributed by atoms with van der Waals surface area (Å²) in [5.74, 6) is 0. The van der Waals surface area contributed by atoms with Crippen molar-refractivity contribution in [2.45, 2.75) is 18.0 Å². The number of hydrogen-bond donors (Lipinski definition) is 2. The average Bonchev–Trinajstić information content (AvgIpc) is 2.19. The number of ether oxygens (including phenoxy) is 1. The van der Waals surface area contributed by atoms with Crippen molar-refractivity contribution in [1.29, 1.82) is 0 Å². The molecule has 0 amide bonds. The van der Waals surface area contributed by atoms with Crippen LogP contribution in [0.2, 0.25) is 0 Å². The number of rotatable bonds is 4. The summed E-state index contributed by atoms with van der Waals surface area (Å²) in [6.07, 6.45) is 4.87. The first-order valence-corrected chi connectivity index (χ1v) is 4.58. The molecule has 0 saturated carbocycles. The SMILES string of the molecule is COCCC1(N)C=CC([N+](=O)[O-])=CC1N. The maximum atomic E-state index is 10.5. The Hall–Kier alpha value is -1.24. The third kappa shape index (κ3) is 2.62. The van der Waals surface area contributed by atoms with Crippen molar-refractivity contribution >= 4 is 0 Å². The van der Waals surface area contributed by atoms with Gasteiger partial charge in [0.15, 0.2) is 0 Å². The zero-order chi connectivity index (χ0) is 11.5. The highest BCUT2D eigenvalue weighted by Crippen LogP contribution is 2.21. The van der Waals surface area contributed by atoms with Crippen LogP contribution in [0.1, 0.15) is 6.42 Å². The molecule has 0 bridgehead atoms. The third-order valence-electron chi connectivity index (χ3n) is 2.49. The lowest BCUT2D eigenvalue weighted by Crippen LogP contribution is -2.54. The highest BCUT2D eigenvalue weighted by molar-refractivity contribution is 5.29. The molecule has 1 aliphatic rings. The Labute approximate surface area is 87.7 Å². The molecule has 0 fully saturated rings. The van der Waals surface area contributed by atoms with E-state index in [1.54, 1.807) is 13.2 Å². The van der Waals surface area contributed by atoms with E-state index in [-0.39, 0.29) is 5.70 Å². The van der Waals surface area contributed by atoms with Gasteiger partial charge in [0.2, 0.25) is 0 Å². The van der Waals surface area contributed by atoms with Crippen molar-refractivity contribution in [3.05, 3.63) is 34.0 Å². The van der Waals surface area contributed by atoms with Gasteiger partial charge in [0, 0.05) is 25.9 Å². The predicted octanol–water partition coefficient (Wildman–Crippen LogP) is -0.222. The minimum absolute atomic E-state index is 0.0130. The van der Waals surface area contributed by atoms with E-state index in [9.17, 15) is 10.1 Å². The van der Waals surface area contributed by atoms with Crippen LogP contribution in [0.3, 0.4) is 0 Å². The van der Waals surface area contributed by atoms with Crippen LogP contribution in [0.25, 0.3) is 0 Å². The largest absolute Gasteiger partial charge is 0.385 e. The normalized spacial score (nSPS) is 30.1. The second-order valence-corrected chi connectivity index (χ2v) is 3.56. The molecule has 84 valence electrons. The monoisotopic (exact) mass is 213 g/mol. The first kappa shape index (κ1) is 11.8. The van der Waals surface area contributed by atoms with E-state index in [1.165, 1.54) is 12.2 Å². The number of methoxy groups -OCH3 is 1. The van der Waals surface area contributed by atoms with Gasteiger partial charge in [0.25, 0.3) is 5.70 Å². The Bertz CT molecular complexity index is 314. The molecule has 6 heteroatoms. The summed E-state index contributed by atoms with van der Waals surface area (Å²) in [5, 5.41) is 10.5. The first-order valence-electron chi connectivity index (χ1n) is 4.58. The zero-order valence-electron chi connectivity index (χ0n) is 8.55. The second-order valence-electron chi connectivity index (χ2n) is 3.56. The zero-order valence-corrected chi connectivity index (χ0v) is 8.55. The van der Waals surface area contributed by atoms with Crippen LogP contribution in [0.15, 0.2) is 23.9 Å². The maximum absolute atomic E-state index is 10.5. The molecule has 2 unspecified atom stereocenters. The minimum atomic E-state index is -0.754. The van der Waals surface area contributed by atoms with Crippen molar-refractivity contribution in [2.75, 3.05) is 13.7 Å². The quantitative estimate of drug-likeness (QED) is 0.496. The third-order valence-corrected chi connectivity index (χ3v) is 2.49. The summed E-state index contributed by atoms with van der Waals surface area (Å²) in [6.45, 7) is 0.468. The fourth-order valence-electron chi connectivity index (χ4n) is 1.40. The number of nitro groups is 1. The van der Waals surface area contributed by atoms with Gasteiger partial charge in [0.1, 0.15) is 0 Å². The van der Waals surface area contributed by atoms with Gasteiger partial charge in [-0.15, -0.1) is 0 Å². The molecule has 1 aliphatic carbocycles. The fourth-order valence-corrected chi connectivity index (χ4v) is 1.40. The molecule has 0 aromatic rings. The van der Waals surface area contributed by atoms with E-state index in [2.05, 4.69) is 0 Å². The number of nitrogens with zero attached hydrogens (tertiary/aromatic N) is 1. The lowest BCUT2D eigenvalue weighted by molar-refractivity contribution is -0.419. The molecule has 0 spiro atoms. The molecule has 0 aromatic heterocycles. The molecule has 0 aromatic carbocycles. The lowest BCUT2D eigenvalue weighted by atomic mass is 9.84. The van der Waals surface area contributed by atoms with Crippen molar-refractivity contribution in [3.8, 4) is 0 Å². The van der Waals surface area contributed by atoms with E-state index < -0.39 is 16.5 Å². The average molecular weight is 213 g/mol. The van der Waals surface area contributed by atoms with E-state index in [0.29, 0.717) is 13.0 Å². The van der Waals surface area contributed by atoms with Crippen LogP contribution < -0.4 is 11.5 Å². The summed E-state index contributed by atoms with van der Waals surface area (Å²) < 4.78 is 4.91. The predicted molar refractivity (Wildman–Crippen MR) is 55.6 cm³/mol. The molecule has 0 saturated heterocycles. The van der Waals surface area contributed by atoms with Crippen molar-refractivity contribution < 1.29 is 9.66 Å². The molecule has 0 heterocycles. The van der Waals surface area contributed by atoms with Crippen LogP contribution in [-0.2, 0) is 4.74 Å². The number of allylic oxidation sites excluding steroid dienone is 1. The molecule has 2 atom stereocenters. The lowest BCUT2D eigenvalue weighted by Gasteiger charge is -2.31. The summed E-state index contributed by atoms with van der Waals surface area (Å²) in [4.78, 5) is 10.0. The van der Waals surface area contributed by atoms with Crippen LogP contribution in [0.4, 0.5) is 0 Å². The smallest absolute Gasteiger partial charge is 0.266 e. The van der Waals surface area contributed by atoms with Gasteiger partial charge < -0.3 is 16.2 Å². The van der Waals surface area contributed by atoms with E-state index in [0.717, 1.165) is 0 Å². The Kier molecular flexibility index (Phi) is 3.57. The fraction of sp³-hybridized carbons (Fsp3) is 0.556. The molecule has 0 aliphatic heterocycles. The second kappa shape index (κ2) is 4.52. The van der Waals surface area contributed by atoms with Gasteiger partial charge in [-0.2, -0.15) is 0 Å². The number of hydrogen-bond acceptors (Lipinski definition) is 5. The van der Waals surface area contributed by atoms with E-state index in [1.807, 2.05) is 0 Å². The van der Waals surface area contributed by atoms with Gasteiger partial charge in [-0.1, -0.05) is 6.08 Å². The molecular formula is C9H15N3O3. The van der Waals surface area contributed by atoms with Crippen LogP contribution in [-0.4, -0.2) is 30.2 Å². The molecule has 0 radical (unpaired) electrons. The minimum Gasteiger partial charge on any atom is -0.385 e. The Morgan fingerprint density at radius 2 is 2.40 bits per heavy atom. The molecule has 15 heavy (non-hydrogen) atoms. The van der Waals surface area contributed by atoms with Crippen molar-refractivity contribution in [1.82, 2.24) is 0 Å². The van der Waals surface area contributed by atoms with Gasteiger partial charge in [-0.3, -0.25) is 10.1 Å². The summed E-state index contributed by atoms with van der Waals surface area (Å²) in [5.41, 5.74) is 11.0. The Morgan fingerprint density at radius 3 is 2.87 bits per heavy atom. The van der Waals surface area contributed by atoms with E-state index in [4.69, 9.17) is 16.2 Å². The highest BCUT2D eigenvalue weighted by atomic mass is 16.6. The highest BCUT2D eigenvalue weighted by Gasteiger charge is 2.33. The van der Waals surface area contributed by atoms with Gasteiger partial charge in [-0.05, 0) is 6.42 Å². The van der Waals surface area contributed by atoms with Gasteiger partial charge in [-0.25, -0.2) is 0 Å². The molecule has 4 N–H and O–H groups in total. The Balaban J connectivity index is 2.76. The van der Waals surface area contributed by atoms with Gasteiger partial charge >= 0.3 is 0 Å².